The Labute approximate surface area is 191 Å². The maximum absolute atomic E-state index is 12.7. The molecule has 0 radical (unpaired) electrons. The lowest BCUT2D eigenvalue weighted by Crippen LogP contribution is -2.28. The largest absolute Gasteiger partial charge is 0.387 e. The zero-order valence-electron chi connectivity index (χ0n) is 18.2. The minimum atomic E-state index is -3.37. The third-order valence-corrected chi connectivity index (χ3v) is 7.54. The van der Waals surface area contributed by atoms with Crippen LogP contribution in [0.4, 0.5) is 0 Å². The number of aliphatic hydroxyl groups excluding tert-OH is 1. The molecule has 33 heavy (non-hydrogen) atoms. The van der Waals surface area contributed by atoms with E-state index in [1.54, 1.807) is 56.4 Å². The number of carbonyl (C=O) groups excluding carboxylic acids is 1. The van der Waals surface area contributed by atoms with Crippen LogP contribution in [0.2, 0.25) is 0 Å². The fourth-order valence-corrected chi connectivity index (χ4v) is 4.43. The molecule has 0 saturated heterocycles. The molecule has 0 unspecified atom stereocenters. The number of fused-ring (bicyclic) bond motifs is 1. The lowest BCUT2D eigenvalue weighted by atomic mass is 10.1. The van der Waals surface area contributed by atoms with E-state index in [1.165, 1.54) is 6.20 Å². The van der Waals surface area contributed by atoms with Crippen LogP contribution in [0.25, 0.3) is 22.4 Å². The molecule has 1 amide bonds. The van der Waals surface area contributed by atoms with Gasteiger partial charge < -0.3 is 15.4 Å². The molecule has 0 aliphatic rings. The molecule has 8 nitrogen and oxygen atoms in total. The van der Waals surface area contributed by atoms with Crippen LogP contribution in [0.1, 0.15) is 35.9 Å². The number of hydrogen-bond donors (Lipinski definition) is 3. The van der Waals surface area contributed by atoms with Crippen molar-refractivity contribution in [3.63, 3.8) is 0 Å². The molecule has 0 saturated carbocycles. The predicted octanol–water partition coefficient (Wildman–Crippen LogP) is 3.27. The average Bonchev–Trinajstić information content (AvgIpc) is 3.26. The normalized spacial score (nSPS) is 12.7. The van der Waals surface area contributed by atoms with Crippen molar-refractivity contribution in [3.8, 4) is 11.3 Å². The minimum Gasteiger partial charge on any atom is -0.387 e. The number of nitrogens with one attached hydrogen (secondary N) is 2. The first-order valence-electron chi connectivity index (χ1n) is 10.5. The fourth-order valence-electron chi connectivity index (χ4n) is 3.37. The van der Waals surface area contributed by atoms with E-state index in [0.29, 0.717) is 33.5 Å². The third-order valence-electron chi connectivity index (χ3n) is 5.36. The lowest BCUT2D eigenvalue weighted by molar-refractivity contribution is 0.0918. The number of hydrogen-bond acceptors (Lipinski definition) is 6. The van der Waals surface area contributed by atoms with Gasteiger partial charge in [0.05, 0.1) is 33.7 Å². The van der Waals surface area contributed by atoms with Gasteiger partial charge in [-0.25, -0.2) is 18.4 Å². The monoisotopic (exact) mass is 464 g/mol. The Bertz CT molecular complexity index is 1380. The van der Waals surface area contributed by atoms with E-state index >= 15 is 0 Å². The highest BCUT2D eigenvalue weighted by Gasteiger charge is 2.20. The Hall–Kier alpha value is -3.56. The average molecular weight is 465 g/mol. The van der Waals surface area contributed by atoms with Gasteiger partial charge >= 0.3 is 0 Å². The molecule has 2 aromatic carbocycles. The highest BCUT2D eigenvalue weighted by atomic mass is 32.2. The van der Waals surface area contributed by atoms with E-state index < -0.39 is 21.2 Å². The maximum atomic E-state index is 12.7. The summed E-state index contributed by atoms with van der Waals surface area (Å²) >= 11 is 0. The Morgan fingerprint density at radius 1 is 1.09 bits per heavy atom. The Morgan fingerprint density at radius 3 is 2.45 bits per heavy atom. The van der Waals surface area contributed by atoms with Crippen molar-refractivity contribution in [1.29, 1.82) is 0 Å². The summed E-state index contributed by atoms with van der Waals surface area (Å²) in [5.74, 6) is -0.388. The minimum absolute atomic E-state index is 0.0500. The van der Waals surface area contributed by atoms with Crippen LogP contribution >= 0.6 is 0 Å². The standard InChI is InChI=1S/C24H24N4O4S/c1-15(2)33(31,32)18-10-8-16(9-11-18)20-13-26-23-22(28-20)19(12-25-23)24(30)27-14-21(29)17-6-4-3-5-7-17/h3-13,15,21,29H,14H2,1-2H3,(H,25,26)(H,27,30)/t21-/m0/s1. The van der Waals surface area contributed by atoms with Crippen molar-refractivity contribution in [2.45, 2.75) is 30.1 Å². The summed E-state index contributed by atoms with van der Waals surface area (Å²) < 4.78 is 24.7. The molecule has 0 aliphatic carbocycles. The SMILES string of the molecule is CC(C)S(=O)(=O)c1ccc(-c2cnc3[nH]cc(C(=O)NC[C@H](O)c4ccccc4)c3n2)cc1. The second kappa shape index (κ2) is 9.13. The molecule has 0 aliphatic heterocycles. The van der Waals surface area contributed by atoms with E-state index in [2.05, 4.69) is 20.3 Å². The highest BCUT2D eigenvalue weighted by Crippen LogP contribution is 2.24. The van der Waals surface area contributed by atoms with E-state index in [9.17, 15) is 18.3 Å². The van der Waals surface area contributed by atoms with Gasteiger partial charge in [0.1, 0.15) is 5.52 Å². The molecular formula is C24H24N4O4S. The van der Waals surface area contributed by atoms with Gasteiger partial charge in [-0.15, -0.1) is 0 Å². The summed E-state index contributed by atoms with van der Waals surface area (Å²) in [6.07, 6.45) is 2.26. The molecule has 0 spiro atoms. The number of aromatic nitrogens is 3. The van der Waals surface area contributed by atoms with E-state index in [4.69, 9.17) is 0 Å². The van der Waals surface area contributed by atoms with E-state index in [0.717, 1.165) is 0 Å². The number of H-pyrrole nitrogens is 1. The van der Waals surface area contributed by atoms with Gasteiger partial charge in [0, 0.05) is 18.3 Å². The van der Waals surface area contributed by atoms with Crippen molar-refractivity contribution in [3.05, 3.63) is 78.1 Å². The Kier molecular flexibility index (Phi) is 6.26. The van der Waals surface area contributed by atoms with Gasteiger partial charge in [-0.05, 0) is 31.5 Å². The van der Waals surface area contributed by atoms with Crippen molar-refractivity contribution in [2.24, 2.45) is 0 Å². The molecule has 2 aromatic heterocycles. The number of nitrogens with zero attached hydrogens (tertiary/aromatic N) is 2. The van der Waals surface area contributed by atoms with Crippen LogP contribution in [-0.4, -0.2) is 46.2 Å². The van der Waals surface area contributed by atoms with Crippen molar-refractivity contribution < 1.29 is 18.3 Å². The smallest absolute Gasteiger partial charge is 0.255 e. The van der Waals surface area contributed by atoms with Gasteiger partial charge in [-0.1, -0.05) is 42.5 Å². The third kappa shape index (κ3) is 4.64. The molecule has 4 rings (SSSR count). The van der Waals surface area contributed by atoms with Crippen LogP contribution < -0.4 is 5.32 Å². The number of rotatable bonds is 7. The Balaban J connectivity index is 1.56. The number of carbonyl (C=O) groups is 1. The van der Waals surface area contributed by atoms with Crippen LogP contribution in [0.3, 0.4) is 0 Å². The van der Waals surface area contributed by atoms with Crippen LogP contribution in [0.5, 0.6) is 0 Å². The maximum Gasteiger partial charge on any atom is 0.255 e. The molecule has 1 atom stereocenters. The van der Waals surface area contributed by atoms with Gasteiger partial charge in [-0.3, -0.25) is 4.79 Å². The lowest BCUT2D eigenvalue weighted by Gasteiger charge is -2.12. The van der Waals surface area contributed by atoms with Crippen LogP contribution in [0.15, 0.2) is 71.9 Å². The summed E-state index contributed by atoms with van der Waals surface area (Å²) in [5.41, 5.74) is 3.04. The number of aliphatic hydroxyl groups is 1. The summed E-state index contributed by atoms with van der Waals surface area (Å²) in [4.78, 5) is 24.8. The molecule has 4 aromatic rings. The Morgan fingerprint density at radius 2 is 1.79 bits per heavy atom. The summed E-state index contributed by atoms with van der Waals surface area (Å²) in [5, 5.41) is 12.5. The molecular weight excluding hydrogens is 440 g/mol. The van der Waals surface area contributed by atoms with Crippen LogP contribution in [-0.2, 0) is 9.84 Å². The highest BCUT2D eigenvalue weighted by molar-refractivity contribution is 7.92. The first kappa shape index (κ1) is 22.6. The number of aromatic amines is 1. The second-order valence-electron chi connectivity index (χ2n) is 7.91. The van der Waals surface area contributed by atoms with E-state index in [-0.39, 0.29) is 17.3 Å². The number of amides is 1. The van der Waals surface area contributed by atoms with Gasteiger partial charge in [0.2, 0.25) is 0 Å². The molecule has 0 bridgehead atoms. The van der Waals surface area contributed by atoms with Gasteiger partial charge in [-0.2, -0.15) is 0 Å². The second-order valence-corrected chi connectivity index (χ2v) is 10.4. The van der Waals surface area contributed by atoms with Gasteiger partial charge in [0.15, 0.2) is 15.5 Å². The first-order valence-corrected chi connectivity index (χ1v) is 12.0. The molecule has 0 fully saturated rings. The summed E-state index contributed by atoms with van der Waals surface area (Å²) in [6.45, 7) is 3.33. The first-order chi connectivity index (χ1) is 15.8. The molecule has 9 heteroatoms. The zero-order valence-corrected chi connectivity index (χ0v) is 19.0. The number of sulfone groups is 1. The summed E-state index contributed by atoms with van der Waals surface area (Å²) in [7, 11) is -3.37. The summed E-state index contributed by atoms with van der Waals surface area (Å²) in [6, 6.07) is 15.5. The topological polar surface area (TPSA) is 125 Å². The molecule has 170 valence electrons. The fraction of sp³-hybridized carbons (Fsp3) is 0.208. The van der Waals surface area contributed by atoms with Crippen molar-refractivity contribution in [2.75, 3.05) is 6.54 Å². The molecule has 2 heterocycles. The van der Waals surface area contributed by atoms with E-state index in [1.807, 2.05) is 18.2 Å². The van der Waals surface area contributed by atoms with Crippen molar-refractivity contribution in [1.82, 2.24) is 20.3 Å². The van der Waals surface area contributed by atoms with Crippen LogP contribution in [0, 0.1) is 0 Å². The predicted molar refractivity (Wildman–Crippen MR) is 125 cm³/mol. The zero-order chi connectivity index (χ0) is 23.6. The number of benzene rings is 2. The quantitative estimate of drug-likeness (QED) is 0.385. The van der Waals surface area contributed by atoms with Gasteiger partial charge in [0.25, 0.3) is 5.91 Å². The molecule has 3 N–H and O–H groups in total. The van der Waals surface area contributed by atoms with Crippen molar-refractivity contribution >= 4 is 26.9 Å².